The smallest absolute Gasteiger partial charge is 0.269 e. The van der Waals surface area contributed by atoms with E-state index in [4.69, 9.17) is 0 Å². The maximum atomic E-state index is 11.7. The van der Waals surface area contributed by atoms with Gasteiger partial charge in [0.15, 0.2) is 0 Å². The highest BCUT2D eigenvalue weighted by molar-refractivity contribution is 7.13. The molecular weight excluding hydrogens is 302 g/mol. The summed E-state index contributed by atoms with van der Waals surface area (Å²) in [4.78, 5) is 24.0. The van der Waals surface area contributed by atoms with Crippen LogP contribution in [-0.4, -0.2) is 17.0 Å². The summed E-state index contributed by atoms with van der Waals surface area (Å²) in [5, 5.41) is 14.5. The second-order valence-corrected chi connectivity index (χ2v) is 5.75. The number of carbonyl (C=O) groups is 1. The van der Waals surface area contributed by atoms with E-state index in [9.17, 15) is 14.9 Å². The monoisotopic (exact) mass is 317 g/mol. The number of non-ortho nitro benzene ring substituents is 1. The van der Waals surface area contributed by atoms with Crippen LogP contribution in [0.1, 0.15) is 22.2 Å². The zero-order chi connectivity index (χ0) is 15.9. The Labute approximate surface area is 131 Å². The van der Waals surface area contributed by atoms with Crippen molar-refractivity contribution in [2.75, 3.05) is 0 Å². The van der Waals surface area contributed by atoms with Crippen molar-refractivity contribution in [3.05, 3.63) is 61.8 Å². The Bertz CT molecular complexity index is 692. The Kier molecular flexibility index (Phi) is 5.37. The first-order chi connectivity index (χ1) is 10.6. The molecule has 0 radical (unpaired) electrons. The van der Waals surface area contributed by atoms with Gasteiger partial charge in [0.25, 0.3) is 5.69 Å². The molecule has 0 bridgehead atoms. The maximum absolute atomic E-state index is 11.7. The number of hydrogen-bond acceptors (Lipinski definition) is 5. The van der Waals surface area contributed by atoms with E-state index in [2.05, 4.69) is 17.5 Å². The van der Waals surface area contributed by atoms with Crippen molar-refractivity contribution in [3.8, 4) is 0 Å². The van der Waals surface area contributed by atoms with Crippen LogP contribution >= 0.6 is 11.3 Å². The summed E-state index contributed by atoms with van der Waals surface area (Å²) < 4.78 is 0. The molecule has 0 atom stereocenters. The van der Waals surface area contributed by atoms with Crippen molar-refractivity contribution in [2.45, 2.75) is 19.8 Å². The second-order valence-electron chi connectivity index (χ2n) is 4.55. The number of benzene rings is 1. The fourth-order valence-corrected chi connectivity index (χ4v) is 2.61. The molecule has 7 heteroatoms. The molecule has 1 heterocycles. The highest BCUT2D eigenvalue weighted by atomic mass is 32.1. The minimum atomic E-state index is -0.472. The lowest BCUT2D eigenvalue weighted by atomic mass is 10.1. The number of rotatable bonds is 6. The molecule has 0 aliphatic carbocycles. The lowest BCUT2D eigenvalue weighted by Crippen LogP contribution is -2.19. The lowest BCUT2D eigenvalue weighted by Gasteiger charge is -2.00. The molecule has 2 aromatic rings. The van der Waals surface area contributed by atoms with Crippen molar-refractivity contribution in [3.63, 3.8) is 0 Å². The van der Waals surface area contributed by atoms with E-state index in [1.54, 1.807) is 29.7 Å². The van der Waals surface area contributed by atoms with Crippen LogP contribution in [0.4, 0.5) is 5.69 Å². The van der Waals surface area contributed by atoms with E-state index in [0.717, 1.165) is 11.3 Å². The van der Waals surface area contributed by atoms with Crippen LogP contribution in [0.25, 0.3) is 0 Å². The number of nitro benzene ring substituents is 1. The van der Waals surface area contributed by atoms with Gasteiger partial charge in [0.2, 0.25) is 5.91 Å². The Balaban J connectivity index is 1.85. The fourth-order valence-electron chi connectivity index (χ4n) is 1.78. The third-order valence-electron chi connectivity index (χ3n) is 2.92. The first-order valence-corrected chi connectivity index (χ1v) is 7.54. The van der Waals surface area contributed by atoms with E-state index in [1.165, 1.54) is 17.0 Å². The zero-order valence-electron chi connectivity index (χ0n) is 12.0. The van der Waals surface area contributed by atoms with Gasteiger partial charge in [-0.3, -0.25) is 14.9 Å². The quantitative estimate of drug-likeness (QED) is 0.505. The molecule has 22 heavy (non-hydrogen) atoms. The van der Waals surface area contributed by atoms with Crippen LogP contribution in [0.2, 0.25) is 0 Å². The van der Waals surface area contributed by atoms with Gasteiger partial charge < -0.3 is 0 Å². The maximum Gasteiger partial charge on any atom is 0.269 e. The summed E-state index contributed by atoms with van der Waals surface area (Å²) in [7, 11) is 0. The van der Waals surface area contributed by atoms with Gasteiger partial charge in [-0.1, -0.05) is 19.1 Å². The number of hydrogen-bond donors (Lipinski definition) is 1. The molecule has 1 aromatic carbocycles. The Hall–Kier alpha value is -2.54. The number of amides is 1. The Morgan fingerprint density at radius 1 is 1.32 bits per heavy atom. The van der Waals surface area contributed by atoms with Gasteiger partial charge in [0.1, 0.15) is 0 Å². The van der Waals surface area contributed by atoms with E-state index < -0.39 is 4.92 Å². The molecule has 1 N–H and O–H groups in total. The van der Waals surface area contributed by atoms with Crippen LogP contribution in [0.5, 0.6) is 0 Å². The Morgan fingerprint density at radius 2 is 2.05 bits per heavy atom. The number of hydrazone groups is 1. The van der Waals surface area contributed by atoms with E-state index in [-0.39, 0.29) is 18.0 Å². The van der Waals surface area contributed by atoms with Gasteiger partial charge in [-0.2, -0.15) is 5.10 Å². The summed E-state index contributed by atoms with van der Waals surface area (Å²) in [5.41, 5.74) is 3.15. The minimum Gasteiger partial charge on any atom is -0.273 e. The van der Waals surface area contributed by atoms with Crippen LogP contribution in [0, 0.1) is 10.1 Å². The van der Waals surface area contributed by atoms with E-state index in [0.29, 0.717) is 5.56 Å². The first kappa shape index (κ1) is 15.8. The molecule has 2 rings (SSSR count). The predicted octanol–water partition coefficient (Wildman–Crippen LogP) is 2.91. The second kappa shape index (κ2) is 7.46. The van der Waals surface area contributed by atoms with Crippen LogP contribution < -0.4 is 5.43 Å². The van der Waals surface area contributed by atoms with Crippen molar-refractivity contribution in [1.29, 1.82) is 0 Å². The van der Waals surface area contributed by atoms with Crippen LogP contribution in [0.3, 0.4) is 0 Å². The highest BCUT2D eigenvalue weighted by Crippen LogP contribution is 2.14. The van der Waals surface area contributed by atoms with Gasteiger partial charge in [0.05, 0.1) is 17.6 Å². The number of aryl methyl sites for hydroxylation is 1. The summed E-state index contributed by atoms with van der Waals surface area (Å²) in [5.74, 6) is -0.266. The average Bonchev–Trinajstić information content (AvgIpc) is 2.96. The van der Waals surface area contributed by atoms with Gasteiger partial charge >= 0.3 is 0 Å². The van der Waals surface area contributed by atoms with Crippen LogP contribution in [-0.2, 0) is 17.6 Å². The molecule has 0 aliphatic rings. The lowest BCUT2D eigenvalue weighted by molar-refractivity contribution is -0.384. The molecule has 6 nitrogen and oxygen atoms in total. The highest BCUT2D eigenvalue weighted by Gasteiger charge is 2.06. The molecule has 0 unspecified atom stereocenters. The average molecular weight is 317 g/mol. The van der Waals surface area contributed by atoms with E-state index >= 15 is 0 Å². The molecule has 0 saturated carbocycles. The van der Waals surface area contributed by atoms with Crippen molar-refractivity contribution < 1.29 is 9.72 Å². The van der Waals surface area contributed by atoms with Crippen molar-refractivity contribution in [2.24, 2.45) is 5.10 Å². The molecular formula is C15H15N3O3S. The SMILES string of the molecule is CCc1ccc(C=NNC(=O)Cc2ccc([N+](=O)[O-])cc2)s1. The molecule has 0 saturated heterocycles. The molecule has 0 spiro atoms. The minimum absolute atomic E-state index is 0.00611. The summed E-state index contributed by atoms with van der Waals surface area (Å²) in [6, 6.07) is 9.87. The summed E-state index contributed by atoms with van der Waals surface area (Å²) in [6.07, 6.45) is 2.71. The van der Waals surface area contributed by atoms with E-state index in [1.807, 2.05) is 12.1 Å². The normalized spacial score (nSPS) is 10.8. The third-order valence-corrected chi connectivity index (χ3v) is 4.09. The first-order valence-electron chi connectivity index (χ1n) is 6.72. The van der Waals surface area contributed by atoms with Crippen molar-refractivity contribution in [1.82, 2.24) is 5.43 Å². The summed E-state index contributed by atoms with van der Waals surface area (Å²) in [6.45, 7) is 2.08. The number of carbonyl (C=O) groups excluding carboxylic acids is 1. The number of thiophene rings is 1. The number of nitro groups is 1. The molecule has 0 fully saturated rings. The van der Waals surface area contributed by atoms with Gasteiger partial charge in [-0.05, 0) is 24.1 Å². The Morgan fingerprint density at radius 3 is 2.64 bits per heavy atom. The molecule has 114 valence electrons. The third kappa shape index (κ3) is 4.49. The van der Waals surface area contributed by atoms with Gasteiger partial charge in [-0.25, -0.2) is 5.43 Å². The fraction of sp³-hybridized carbons (Fsp3) is 0.200. The van der Waals surface area contributed by atoms with Crippen molar-refractivity contribution >= 4 is 29.1 Å². The van der Waals surface area contributed by atoms with Crippen LogP contribution in [0.15, 0.2) is 41.5 Å². The largest absolute Gasteiger partial charge is 0.273 e. The zero-order valence-corrected chi connectivity index (χ0v) is 12.8. The predicted molar refractivity (Wildman–Crippen MR) is 86.2 cm³/mol. The number of nitrogens with one attached hydrogen (secondary N) is 1. The standard InChI is InChI=1S/C15H15N3O3S/c1-2-13-7-8-14(22-13)10-16-17-15(19)9-11-3-5-12(6-4-11)18(20)21/h3-8,10H,2,9H2,1H3,(H,17,19). The number of nitrogens with zero attached hydrogens (tertiary/aromatic N) is 2. The molecule has 0 aliphatic heterocycles. The van der Waals surface area contributed by atoms with Gasteiger partial charge in [0, 0.05) is 21.9 Å². The van der Waals surface area contributed by atoms with Gasteiger partial charge in [-0.15, -0.1) is 11.3 Å². The molecule has 1 aromatic heterocycles. The topological polar surface area (TPSA) is 84.6 Å². The summed E-state index contributed by atoms with van der Waals surface area (Å²) >= 11 is 1.63. The molecule has 1 amide bonds.